The summed E-state index contributed by atoms with van der Waals surface area (Å²) in [4.78, 5) is 30.8. The molecule has 0 aliphatic carbocycles. The van der Waals surface area contributed by atoms with E-state index in [1.165, 1.54) is 28.3 Å². The van der Waals surface area contributed by atoms with Crippen molar-refractivity contribution in [2.24, 2.45) is 0 Å². The van der Waals surface area contributed by atoms with Gasteiger partial charge in [-0.3, -0.25) is 14.2 Å². The van der Waals surface area contributed by atoms with Crippen molar-refractivity contribution >= 4 is 27.3 Å². The Labute approximate surface area is 156 Å². The first-order valence-corrected chi connectivity index (χ1v) is 8.87. The van der Waals surface area contributed by atoms with Crippen molar-refractivity contribution < 1.29 is 13.6 Å². The van der Waals surface area contributed by atoms with E-state index < -0.39 is 17.4 Å². The number of halogens is 2. The van der Waals surface area contributed by atoms with Gasteiger partial charge >= 0.3 is 0 Å². The summed E-state index contributed by atoms with van der Waals surface area (Å²) in [6, 6.07) is 14.3. The van der Waals surface area contributed by atoms with Crippen molar-refractivity contribution in [2.45, 2.75) is 6.54 Å². The van der Waals surface area contributed by atoms with Gasteiger partial charge in [0.2, 0.25) is 0 Å². The van der Waals surface area contributed by atoms with E-state index in [2.05, 4.69) is 4.98 Å². The highest BCUT2D eigenvalue weighted by atomic mass is 32.1. The molecule has 2 aromatic carbocycles. The number of ketones is 1. The van der Waals surface area contributed by atoms with Crippen molar-refractivity contribution in [3.05, 3.63) is 88.5 Å². The van der Waals surface area contributed by atoms with Gasteiger partial charge in [-0.1, -0.05) is 30.3 Å². The van der Waals surface area contributed by atoms with Gasteiger partial charge in [0.25, 0.3) is 5.56 Å². The standard InChI is InChI=1S/C20H12F2N2O2S/c21-15-7-6-13(8-16(15)22)17(25)10-24-11-23-19-14(20(24)26)9-18(27-19)12-4-2-1-3-5-12/h1-9,11H,10H2. The first-order chi connectivity index (χ1) is 13.0. The molecule has 0 atom stereocenters. The number of nitrogens with zero attached hydrogens (tertiary/aromatic N) is 2. The van der Waals surface area contributed by atoms with Crippen molar-refractivity contribution in [3.63, 3.8) is 0 Å². The minimum absolute atomic E-state index is 0.00353. The number of benzene rings is 2. The number of fused-ring (bicyclic) bond motifs is 1. The lowest BCUT2D eigenvalue weighted by Gasteiger charge is -2.05. The molecule has 4 aromatic rings. The minimum Gasteiger partial charge on any atom is -0.292 e. The largest absolute Gasteiger partial charge is 0.292 e. The zero-order valence-electron chi connectivity index (χ0n) is 13.9. The van der Waals surface area contributed by atoms with Gasteiger partial charge in [0.15, 0.2) is 17.4 Å². The zero-order valence-corrected chi connectivity index (χ0v) is 14.7. The third-order valence-electron chi connectivity index (χ3n) is 4.13. The Morgan fingerprint density at radius 3 is 2.56 bits per heavy atom. The van der Waals surface area contributed by atoms with Crippen LogP contribution in [-0.4, -0.2) is 15.3 Å². The van der Waals surface area contributed by atoms with Crippen LogP contribution in [0.4, 0.5) is 8.78 Å². The third kappa shape index (κ3) is 3.29. The average molecular weight is 382 g/mol. The summed E-state index contributed by atoms with van der Waals surface area (Å²) in [6.07, 6.45) is 1.30. The molecule has 0 aliphatic heterocycles. The molecule has 0 saturated heterocycles. The summed E-state index contributed by atoms with van der Waals surface area (Å²) in [6.45, 7) is -0.302. The van der Waals surface area contributed by atoms with Gasteiger partial charge < -0.3 is 0 Å². The van der Waals surface area contributed by atoms with Crippen LogP contribution in [0.1, 0.15) is 10.4 Å². The molecule has 0 spiro atoms. The first-order valence-electron chi connectivity index (χ1n) is 8.05. The molecule has 7 heteroatoms. The van der Waals surface area contributed by atoms with E-state index in [1.807, 2.05) is 30.3 Å². The summed E-state index contributed by atoms with van der Waals surface area (Å²) in [5.41, 5.74) is 0.620. The number of hydrogen-bond donors (Lipinski definition) is 0. The Balaban J connectivity index is 1.68. The number of hydrogen-bond acceptors (Lipinski definition) is 4. The molecular weight excluding hydrogens is 370 g/mol. The molecule has 2 heterocycles. The second-order valence-electron chi connectivity index (χ2n) is 5.93. The Kier molecular flexibility index (Phi) is 4.37. The van der Waals surface area contributed by atoms with Crippen LogP contribution in [0.25, 0.3) is 20.7 Å². The van der Waals surface area contributed by atoms with E-state index in [4.69, 9.17) is 0 Å². The van der Waals surface area contributed by atoms with Gasteiger partial charge in [0.1, 0.15) is 4.83 Å². The Morgan fingerprint density at radius 1 is 1.04 bits per heavy atom. The molecular formula is C20H12F2N2O2S. The number of thiophene rings is 1. The topological polar surface area (TPSA) is 52.0 Å². The van der Waals surface area contributed by atoms with Gasteiger partial charge in [0.05, 0.1) is 18.3 Å². The predicted molar refractivity (Wildman–Crippen MR) is 100 cm³/mol. The number of carbonyl (C=O) groups excluding carboxylic acids is 1. The van der Waals surface area contributed by atoms with Gasteiger partial charge in [-0.05, 0) is 29.8 Å². The minimum atomic E-state index is -1.10. The van der Waals surface area contributed by atoms with Crippen LogP contribution in [-0.2, 0) is 6.54 Å². The third-order valence-corrected chi connectivity index (χ3v) is 5.22. The van der Waals surface area contributed by atoms with E-state index in [0.717, 1.165) is 22.6 Å². The van der Waals surface area contributed by atoms with Crippen LogP contribution in [0.5, 0.6) is 0 Å². The Bertz CT molecular complexity index is 1220. The smallest absolute Gasteiger partial charge is 0.262 e. The van der Waals surface area contributed by atoms with Gasteiger partial charge in [0, 0.05) is 10.4 Å². The molecule has 0 saturated carbocycles. The van der Waals surface area contributed by atoms with E-state index in [1.54, 1.807) is 6.07 Å². The lowest BCUT2D eigenvalue weighted by Crippen LogP contribution is -2.24. The van der Waals surface area contributed by atoms with Crippen molar-refractivity contribution in [1.82, 2.24) is 9.55 Å². The highest BCUT2D eigenvalue weighted by Gasteiger charge is 2.14. The summed E-state index contributed by atoms with van der Waals surface area (Å²) in [7, 11) is 0. The number of carbonyl (C=O) groups is 1. The molecule has 4 rings (SSSR count). The van der Waals surface area contributed by atoms with E-state index in [9.17, 15) is 18.4 Å². The van der Waals surface area contributed by atoms with Gasteiger partial charge in [-0.25, -0.2) is 13.8 Å². The summed E-state index contributed by atoms with van der Waals surface area (Å²) >= 11 is 1.39. The zero-order chi connectivity index (χ0) is 19.0. The molecule has 2 aromatic heterocycles. The maximum absolute atomic E-state index is 13.3. The molecule has 27 heavy (non-hydrogen) atoms. The number of rotatable bonds is 4. The van der Waals surface area contributed by atoms with E-state index in [0.29, 0.717) is 10.2 Å². The fourth-order valence-corrected chi connectivity index (χ4v) is 3.73. The highest BCUT2D eigenvalue weighted by Crippen LogP contribution is 2.30. The molecule has 134 valence electrons. The van der Waals surface area contributed by atoms with Crippen LogP contribution in [0.3, 0.4) is 0 Å². The molecule has 0 bridgehead atoms. The monoisotopic (exact) mass is 382 g/mol. The summed E-state index contributed by atoms with van der Waals surface area (Å²) in [5.74, 6) is -2.64. The lowest BCUT2D eigenvalue weighted by atomic mass is 10.1. The normalized spacial score (nSPS) is 11.0. The SMILES string of the molecule is O=C(Cn1cnc2sc(-c3ccccc3)cc2c1=O)c1ccc(F)c(F)c1. The van der Waals surface area contributed by atoms with Crippen molar-refractivity contribution in [2.75, 3.05) is 0 Å². The lowest BCUT2D eigenvalue weighted by molar-refractivity contribution is 0.0970. The first kappa shape index (κ1) is 17.2. The molecule has 0 N–H and O–H groups in total. The maximum atomic E-state index is 13.3. The fourth-order valence-electron chi connectivity index (χ4n) is 2.73. The van der Waals surface area contributed by atoms with Crippen LogP contribution in [0.15, 0.2) is 65.7 Å². The van der Waals surface area contributed by atoms with Crippen LogP contribution < -0.4 is 5.56 Å². The Hall–Kier alpha value is -3.19. The summed E-state index contributed by atoms with van der Waals surface area (Å²) < 4.78 is 27.5. The van der Waals surface area contributed by atoms with Gasteiger partial charge in [-0.2, -0.15) is 0 Å². The number of aromatic nitrogens is 2. The second kappa shape index (κ2) is 6.85. The fraction of sp³-hybridized carbons (Fsp3) is 0.0500. The van der Waals surface area contributed by atoms with Crippen molar-refractivity contribution in [3.8, 4) is 10.4 Å². The second-order valence-corrected chi connectivity index (χ2v) is 6.96. The highest BCUT2D eigenvalue weighted by molar-refractivity contribution is 7.21. The predicted octanol–water partition coefficient (Wildman–Crippen LogP) is 4.29. The molecule has 0 unspecified atom stereocenters. The molecule has 0 amide bonds. The maximum Gasteiger partial charge on any atom is 0.262 e. The molecule has 0 aliphatic rings. The van der Waals surface area contributed by atoms with Gasteiger partial charge in [-0.15, -0.1) is 11.3 Å². The summed E-state index contributed by atoms with van der Waals surface area (Å²) in [5, 5.41) is 0.416. The van der Waals surface area contributed by atoms with Crippen LogP contribution in [0, 0.1) is 11.6 Å². The molecule has 4 nitrogen and oxygen atoms in total. The molecule has 0 radical (unpaired) electrons. The van der Waals surface area contributed by atoms with Crippen LogP contribution >= 0.6 is 11.3 Å². The molecule has 0 fully saturated rings. The van der Waals surface area contributed by atoms with Crippen molar-refractivity contribution in [1.29, 1.82) is 0 Å². The quantitative estimate of drug-likeness (QED) is 0.495. The average Bonchev–Trinajstić information content (AvgIpc) is 3.12. The number of Topliss-reactive ketones (excluding diaryl/α,β-unsaturated/α-hetero) is 1. The van der Waals surface area contributed by atoms with E-state index in [-0.39, 0.29) is 17.7 Å². The van der Waals surface area contributed by atoms with E-state index >= 15 is 0 Å². The van der Waals surface area contributed by atoms with Crippen LogP contribution in [0.2, 0.25) is 0 Å². The Morgan fingerprint density at radius 2 is 1.81 bits per heavy atom.